The summed E-state index contributed by atoms with van der Waals surface area (Å²) in [6, 6.07) is 7.63. The van der Waals surface area contributed by atoms with Gasteiger partial charge >= 0.3 is 0 Å². The molecule has 0 saturated heterocycles. The second-order valence-electron chi connectivity index (χ2n) is 4.94. The average Bonchev–Trinajstić information content (AvgIpc) is 3.04. The van der Waals surface area contributed by atoms with Crippen molar-refractivity contribution in [1.82, 2.24) is 35.5 Å². The van der Waals surface area contributed by atoms with Crippen LogP contribution in [0, 0.1) is 0 Å². The number of rotatable bonds is 6. The number of hydrogen-bond donors (Lipinski definition) is 1. The number of carbonyl (C=O) groups is 1. The van der Waals surface area contributed by atoms with E-state index in [-0.39, 0.29) is 11.7 Å². The maximum Gasteiger partial charge on any atom is 0.230 e. The highest BCUT2D eigenvalue weighted by atomic mass is 32.2. The van der Waals surface area contributed by atoms with E-state index in [0.717, 1.165) is 16.8 Å². The van der Waals surface area contributed by atoms with Gasteiger partial charge in [0.15, 0.2) is 0 Å². The first-order chi connectivity index (χ1) is 11.7. The predicted octanol–water partition coefficient (Wildman–Crippen LogP) is 1.08. The van der Waals surface area contributed by atoms with E-state index < -0.39 is 0 Å². The zero-order valence-electron chi connectivity index (χ0n) is 13.0. The van der Waals surface area contributed by atoms with Gasteiger partial charge in [0.2, 0.25) is 11.1 Å². The van der Waals surface area contributed by atoms with Gasteiger partial charge in [-0.3, -0.25) is 14.8 Å². The van der Waals surface area contributed by atoms with Crippen LogP contribution in [0.15, 0.2) is 48.0 Å². The Bertz CT molecular complexity index is 821. The third-order valence-corrected chi connectivity index (χ3v) is 4.21. The van der Waals surface area contributed by atoms with Crippen molar-refractivity contribution in [2.75, 3.05) is 5.75 Å². The van der Waals surface area contributed by atoms with Crippen LogP contribution in [0.25, 0.3) is 11.3 Å². The van der Waals surface area contributed by atoms with Crippen LogP contribution in [-0.4, -0.2) is 41.8 Å². The maximum absolute atomic E-state index is 11.9. The molecule has 0 spiro atoms. The smallest absolute Gasteiger partial charge is 0.230 e. The van der Waals surface area contributed by atoms with Crippen molar-refractivity contribution in [3.05, 3.63) is 48.4 Å². The summed E-state index contributed by atoms with van der Waals surface area (Å²) in [6.07, 6.45) is 5.19. The summed E-state index contributed by atoms with van der Waals surface area (Å²) in [5, 5.41) is 14.6. The van der Waals surface area contributed by atoms with Gasteiger partial charge in [0.05, 0.1) is 11.4 Å². The van der Waals surface area contributed by atoms with Gasteiger partial charge in [0.1, 0.15) is 0 Å². The summed E-state index contributed by atoms with van der Waals surface area (Å²) in [5.74, 6) is 0.182. The van der Waals surface area contributed by atoms with Crippen LogP contribution in [0.1, 0.15) is 5.56 Å². The molecule has 0 saturated carbocycles. The highest BCUT2D eigenvalue weighted by Crippen LogP contribution is 2.16. The molecule has 0 bridgehead atoms. The van der Waals surface area contributed by atoms with Crippen molar-refractivity contribution in [3.8, 4) is 11.3 Å². The minimum absolute atomic E-state index is 0.0785. The molecule has 0 aromatic carbocycles. The highest BCUT2D eigenvalue weighted by molar-refractivity contribution is 7.99. The third kappa shape index (κ3) is 4.13. The monoisotopic (exact) mass is 341 g/mol. The number of pyridine rings is 2. The summed E-state index contributed by atoms with van der Waals surface area (Å²) >= 11 is 1.29. The van der Waals surface area contributed by atoms with Crippen molar-refractivity contribution in [2.24, 2.45) is 7.05 Å². The normalized spacial score (nSPS) is 10.5. The Kier molecular flexibility index (Phi) is 5.12. The van der Waals surface area contributed by atoms with Crippen molar-refractivity contribution < 1.29 is 4.79 Å². The van der Waals surface area contributed by atoms with E-state index in [1.54, 1.807) is 25.6 Å². The second-order valence-corrected chi connectivity index (χ2v) is 5.88. The predicted molar refractivity (Wildman–Crippen MR) is 88.8 cm³/mol. The van der Waals surface area contributed by atoms with Crippen LogP contribution in [0.4, 0.5) is 0 Å². The first kappa shape index (κ1) is 16.1. The van der Waals surface area contributed by atoms with Gasteiger partial charge in [0.25, 0.3) is 0 Å². The molecule has 3 aromatic heterocycles. The lowest BCUT2D eigenvalue weighted by Gasteiger charge is -2.07. The van der Waals surface area contributed by atoms with Gasteiger partial charge < -0.3 is 5.32 Å². The fourth-order valence-electron chi connectivity index (χ4n) is 1.99. The molecule has 3 rings (SSSR count). The standard InChI is InChI=1S/C15H15N7OS/c1-22-15(19-20-21-22)24-10-14(23)18-9-11-2-7-17-13(8-11)12-3-5-16-6-4-12/h2-8H,9-10H2,1H3,(H,18,23). The molecule has 0 unspecified atom stereocenters. The number of tetrazole rings is 1. The zero-order chi connectivity index (χ0) is 16.8. The van der Waals surface area contributed by atoms with Crippen LogP contribution in [0.5, 0.6) is 0 Å². The number of carbonyl (C=O) groups excluding carboxylic acids is 1. The van der Waals surface area contributed by atoms with Crippen molar-refractivity contribution >= 4 is 17.7 Å². The molecule has 0 aliphatic heterocycles. The summed E-state index contributed by atoms with van der Waals surface area (Å²) in [6.45, 7) is 0.442. The summed E-state index contributed by atoms with van der Waals surface area (Å²) in [7, 11) is 1.73. The Balaban J connectivity index is 1.55. The lowest BCUT2D eigenvalue weighted by Crippen LogP contribution is -2.24. The van der Waals surface area contributed by atoms with Crippen molar-refractivity contribution in [1.29, 1.82) is 0 Å². The number of hydrogen-bond acceptors (Lipinski definition) is 7. The van der Waals surface area contributed by atoms with Crippen LogP contribution in [-0.2, 0) is 18.4 Å². The number of amides is 1. The molecule has 8 nitrogen and oxygen atoms in total. The number of aromatic nitrogens is 6. The third-order valence-electron chi connectivity index (χ3n) is 3.20. The second kappa shape index (κ2) is 7.64. The van der Waals surface area contributed by atoms with Gasteiger partial charge in [-0.1, -0.05) is 11.8 Å². The first-order valence-corrected chi connectivity index (χ1v) is 8.18. The number of thioether (sulfide) groups is 1. The largest absolute Gasteiger partial charge is 0.351 e. The molecule has 3 heterocycles. The summed E-state index contributed by atoms with van der Waals surface area (Å²) in [5.41, 5.74) is 2.82. The fraction of sp³-hybridized carbons (Fsp3) is 0.200. The Morgan fingerprint density at radius 3 is 2.83 bits per heavy atom. The van der Waals surface area contributed by atoms with E-state index >= 15 is 0 Å². The minimum Gasteiger partial charge on any atom is -0.351 e. The molecule has 0 radical (unpaired) electrons. The van der Waals surface area contributed by atoms with E-state index in [1.807, 2.05) is 24.3 Å². The van der Waals surface area contributed by atoms with Crippen molar-refractivity contribution in [3.63, 3.8) is 0 Å². The molecule has 1 amide bonds. The quantitative estimate of drug-likeness (QED) is 0.670. The number of aryl methyl sites for hydroxylation is 1. The Labute approximate surface area is 142 Å². The van der Waals surface area contributed by atoms with E-state index in [2.05, 4.69) is 30.8 Å². The Morgan fingerprint density at radius 2 is 2.08 bits per heavy atom. The van der Waals surface area contributed by atoms with Gasteiger partial charge in [-0.25, -0.2) is 4.68 Å². The molecule has 0 aliphatic rings. The highest BCUT2D eigenvalue weighted by Gasteiger charge is 2.08. The van der Waals surface area contributed by atoms with Gasteiger partial charge in [-0.15, -0.1) is 5.10 Å². The molecule has 122 valence electrons. The van der Waals surface area contributed by atoms with E-state index in [0.29, 0.717) is 11.7 Å². The van der Waals surface area contributed by atoms with Crippen LogP contribution < -0.4 is 5.32 Å². The van der Waals surface area contributed by atoms with Crippen molar-refractivity contribution in [2.45, 2.75) is 11.7 Å². The van der Waals surface area contributed by atoms with Crippen LogP contribution >= 0.6 is 11.8 Å². The topological polar surface area (TPSA) is 98.5 Å². The summed E-state index contributed by atoms with van der Waals surface area (Å²) in [4.78, 5) is 20.3. The number of nitrogens with one attached hydrogen (secondary N) is 1. The van der Waals surface area contributed by atoms with Gasteiger partial charge in [-0.2, -0.15) is 0 Å². The fourth-order valence-corrected chi connectivity index (χ4v) is 2.67. The maximum atomic E-state index is 11.9. The van der Waals surface area contributed by atoms with E-state index in [1.165, 1.54) is 16.4 Å². The lowest BCUT2D eigenvalue weighted by atomic mass is 10.1. The lowest BCUT2D eigenvalue weighted by molar-refractivity contribution is -0.118. The van der Waals surface area contributed by atoms with E-state index in [9.17, 15) is 4.79 Å². The van der Waals surface area contributed by atoms with E-state index in [4.69, 9.17) is 0 Å². The molecular formula is C15H15N7OS. The molecule has 3 aromatic rings. The average molecular weight is 341 g/mol. The molecule has 0 fully saturated rings. The Hall–Kier alpha value is -2.81. The minimum atomic E-state index is -0.0785. The number of nitrogens with zero attached hydrogens (tertiary/aromatic N) is 6. The molecule has 0 aliphatic carbocycles. The Morgan fingerprint density at radius 1 is 1.25 bits per heavy atom. The van der Waals surface area contributed by atoms with Crippen LogP contribution in [0.2, 0.25) is 0 Å². The zero-order valence-corrected chi connectivity index (χ0v) is 13.8. The van der Waals surface area contributed by atoms with Gasteiger partial charge in [-0.05, 0) is 40.3 Å². The molecule has 9 heteroatoms. The molecular weight excluding hydrogens is 326 g/mol. The van der Waals surface area contributed by atoms with Gasteiger partial charge in [0, 0.05) is 37.7 Å². The molecule has 0 atom stereocenters. The molecule has 24 heavy (non-hydrogen) atoms. The SMILES string of the molecule is Cn1nnnc1SCC(=O)NCc1ccnc(-c2ccncc2)c1. The van der Waals surface area contributed by atoms with Crippen LogP contribution in [0.3, 0.4) is 0 Å². The molecule has 1 N–H and O–H groups in total. The summed E-state index contributed by atoms with van der Waals surface area (Å²) < 4.78 is 1.53. The first-order valence-electron chi connectivity index (χ1n) is 7.19.